The Labute approximate surface area is 106 Å². The number of benzene rings is 1. The van der Waals surface area contributed by atoms with E-state index in [9.17, 15) is 0 Å². The van der Waals surface area contributed by atoms with E-state index in [1.54, 1.807) is 11.3 Å². The molecule has 0 unspecified atom stereocenters. The van der Waals surface area contributed by atoms with Crippen LogP contribution in [0.5, 0.6) is 0 Å². The summed E-state index contributed by atoms with van der Waals surface area (Å²) >= 11 is 1.76. The molecule has 0 bridgehead atoms. The number of aryl methyl sites for hydroxylation is 1. The number of aromatic nitrogens is 1. The van der Waals surface area contributed by atoms with E-state index in [0.717, 1.165) is 19.5 Å². The lowest BCUT2D eigenvalue weighted by molar-refractivity contribution is 0.275. The normalized spacial score (nSPS) is 17.7. The van der Waals surface area contributed by atoms with Gasteiger partial charge in [-0.15, -0.1) is 11.3 Å². The van der Waals surface area contributed by atoms with Gasteiger partial charge in [0.1, 0.15) is 0 Å². The Morgan fingerprint density at radius 3 is 2.76 bits per heavy atom. The fourth-order valence-electron chi connectivity index (χ4n) is 2.67. The Kier molecular flexibility index (Phi) is 2.73. The van der Waals surface area contributed by atoms with Gasteiger partial charge < -0.3 is 5.32 Å². The number of hydrogen-bond donors (Lipinski definition) is 1. The van der Waals surface area contributed by atoms with Crippen LogP contribution >= 0.6 is 11.3 Å². The van der Waals surface area contributed by atoms with Crippen LogP contribution in [-0.2, 0) is 11.8 Å². The third-order valence-corrected chi connectivity index (χ3v) is 4.42. The average molecular weight is 244 g/mol. The Balaban J connectivity index is 1.95. The lowest BCUT2D eigenvalue weighted by atomic mass is 9.71. The number of nitrogens with zero attached hydrogens (tertiary/aromatic N) is 1. The van der Waals surface area contributed by atoms with Crippen LogP contribution in [-0.4, -0.2) is 18.1 Å². The average Bonchev–Trinajstić information content (AvgIpc) is 2.77. The topological polar surface area (TPSA) is 24.9 Å². The molecule has 1 aromatic heterocycles. The van der Waals surface area contributed by atoms with E-state index in [0.29, 0.717) is 0 Å². The fourth-order valence-corrected chi connectivity index (χ4v) is 3.41. The van der Waals surface area contributed by atoms with E-state index < -0.39 is 0 Å². The molecule has 2 heterocycles. The highest BCUT2D eigenvalue weighted by Gasteiger charge is 2.39. The van der Waals surface area contributed by atoms with Gasteiger partial charge in [0.2, 0.25) is 0 Å². The minimum atomic E-state index is 0.290. The van der Waals surface area contributed by atoms with E-state index in [4.69, 9.17) is 0 Å². The van der Waals surface area contributed by atoms with Crippen LogP contribution < -0.4 is 5.32 Å². The predicted octanol–water partition coefficient (Wildman–Crippen LogP) is 2.54. The van der Waals surface area contributed by atoms with E-state index in [1.165, 1.54) is 16.0 Å². The van der Waals surface area contributed by atoms with Gasteiger partial charge in [0, 0.05) is 29.6 Å². The maximum absolute atomic E-state index is 4.18. The number of nitrogens with one attached hydrogen (secondary N) is 1. The number of rotatable bonds is 3. The molecule has 2 aromatic rings. The highest BCUT2D eigenvalue weighted by atomic mass is 32.1. The summed E-state index contributed by atoms with van der Waals surface area (Å²) in [6.45, 7) is 4.37. The predicted molar refractivity (Wildman–Crippen MR) is 71.5 cm³/mol. The van der Waals surface area contributed by atoms with Crippen molar-refractivity contribution in [3.05, 3.63) is 52.0 Å². The first-order valence-electron chi connectivity index (χ1n) is 5.94. The van der Waals surface area contributed by atoms with Crippen molar-refractivity contribution in [2.75, 3.05) is 13.1 Å². The Morgan fingerprint density at radius 1 is 1.35 bits per heavy atom. The minimum Gasteiger partial charge on any atom is -0.315 e. The summed E-state index contributed by atoms with van der Waals surface area (Å²) in [6, 6.07) is 8.75. The number of thiazole rings is 1. The van der Waals surface area contributed by atoms with Gasteiger partial charge in [-0.3, -0.25) is 4.98 Å². The molecule has 88 valence electrons. The van der Waals surface area contributed by atoms with Crippen molar-refractivity contribution in [1.82, 2.24) is 10.3 Å². The summed E-state index contributed by atoms with van der Waals surface area (Å²) in [5.41, 5.74) is 5.11. The van der Waals surface area contributed by atoms with Crippen molar-refractivity contribution in [2.45, 2.75) is 18.8 Å². The zero-order valence-electron chi connectivity index (χ0n) is 9.94. The van der Waals surface area contributed by atoms with Gasteiger partial charge in [0.15, 0.2) is 0 Å². The zero-order valence-corrected chi connectivity index (χ0v) is 10.8. The standard InChI is InChI=1S/C14H16N2S/c1-11-4-2-3-5-13(11)14(8-16-9-14)6-12-7-15-10-17-12/h2-5,7,10,16H,6,8-9H2,1H3. The van der Waals surface area contributed by atoms with Crippen LogP contribution in [0.25, 0.3) is 0 Å². The highest BCUT2D eigenvalue weighted by Crippen LogP contribution is 2.35. The molecule has 1 saturated heterocycles. The van der Waals surface area contributed by atoms with Crippen LogP contribution in [0.1, 0.15) is 16.0 Å². The summed E-state index contributed by atoms with van der Waals surface area (Å²) in [5.74, 6) is 0. The van der Waals surface area contributed by atoms with Crippen molar-refractivity contribution in [3.8, 4) is 0 Å². The molecule has 0 spiro atoms. The second kappa shape index (κ2) is 4.24. The Bertz CT molecular complexity index is 501. The van der Waals surface area contributed by atoms with Crippen molar-refractivity contribution < 1.29 is 0 Å². The molecule has 2 nitrogen and oxygen atoms in total. The SMILES string of the molecule is Cc1ccccc1C1(Cc2cncs2)CNC1. The fraction of sp³-hybridized carbons (Fsp3) is 0.357. The third-order valence-electron chi connectivity index (χ3n) is 3.64. The van der Waals surface area contributed by atoms with Crippen LogP contribution in [0, 0.1) is 6.92 Å². The molecule has 0 radical (unpaired) electrons. The molecule has 1 aliphatic heterocycles. The summed E-state index contributed by atoms with van der Waals surface area (Å²) in [4.78, 5) is 5.56. The molecule has 0 aliphatic carbocycles. The van der Waals surface area contributed by atoms with Crippen molar-refractivity contribution in [2.24, 2.45) is 0 Å². The lowest BCUT2D eigenvalue weighted by Crippen LogP contribution is -2.58. The highest BCUT2D eigenvalue weighted by molar-refractivity contribution is 7.09. The molecule has 0 atom stereocenters. The van der Waals surface area contributed by atoms with E-state index in [1.807, 2.05) is 11.7 Å². The molecule has 0 amide bonds. The van der Waals surface area contributed by atoms with Crippen LogP contribution in [0.2, 0.25) is 0 Å². The molecule has 3 heteroatoms. The second-order valence-electron chi connectivity index (χ2n) is 4.84. The van der Waals surface area contributed by atoms with Crippen LogP contribution in [0.4, 0.5) is 0 Å². The molecular weight excluding hydrogens is 228 g/mol. The minimum absolute atomic E-state index is 0.290. The van der Waals surface area contributed by atoms with Gasteiger partial charge in [-0.25, -0.2) is 0 Å². The number of hydrogen-bond acceptors (Lipinski definition) is 3. The first kappa shape index (κ1) is 10.9. The molecule has 1 N–H and O–H groups in total. The molecule has 1 aromatic carbocycles. The largest absolute Gasteiger partial charge is 0.315 e. The van der Waals surface area contributed by atoms with E-state index >= 15 is 0 Å². The Hall–Kier alpha value is -1.19. The monoisotopic (exact) mass is 244 g/mol. The first-order chi connectivity index (χ1) is 8.30. The quantitative estimate of drug-likeness (QED) is 0.897. The molecule has 3 rings (SSSR count). The van der Waals surface area contributed by atoms with Crippen molar-refractivity contribution in [3.63, 3.8) is 0 Å². The Morgan fingerprint density at radius 2 is 2.18 bits per heavy atom. The molecule has 1 aliphatic rings. The second-order valence-corrected chi connectivity index (χ2v) is 5.81. The lowest BCUT2D eigenvalue weighted by Gasteiger charge is -2.44. The van der Waals surface area contributed by atoms with Gasteiger partial charge in [0.05, 0.1) is 5.51 Å². The maximum atomic E-state index is 4.18. The summed E-state index contributed by atoms with van der Waals surface area (Å²) in [7, 11) is 0. The van der Waals surface area contributed by atoms with Gasteiger partial charge in [-0.05, 0) is 24.5 Å². The molecule has 0 saturated carbocycles. The summed E-state index contributed by atoms with van der Waals surface area (Å²) < 4.78 is 0. The van der Waals surface area contributed by atoms with E-state index in [2.05, 4.69) is 41.5 Å². The third kappa shape index (κ3) is 1.90. The molecule has 1 fully saturated rings. The van der Waals surface area contributed by atoms with Gasteiger partial charge in [0.25, 0.3) is 0 Å². The van der Waals surface area contributed by atoms with Crippen LogP contribution in [0.3, 0.4) is 0 Å². The van der Waals surface area contributed by atoms with Gasteiger partial charge in [-0.1, -0.05) is 24.3 Å². The molecule has 17 heavy (non-hydrogen) atoms. The summed E-state index contributed by atoms with van der Waals surface area (Å²) in [5, 5.41) is 3.42. The maximum Gasteiger partial charge on any atom is 0.0794 e. The first-order valence-corrected chi connectivity index (χ1v) is 6.82. The smallest absolute Gasteiger partial charge is 0.0794 e. The van der Waals surface area contributed by atoms with Crippen molar-refractivity contribution >= 4 is 11.3 Å². The van der Waals surface area contributed by atoms with E-state index in [-0.39, 0.29) is 5.41 Å². The van der Waals surface area contributed by atoms with Gasteiger partial charge in [-0.2, -0.15) is 0 Å². The van der Waals surface area contributed by atoms with Gasteiger partial charge >= 0.3 is 0 Å². The zero-order chi connectivity index (χ0) is 11.7. The van der Waals surface area contributed by atoms with Crippen molar-refractivity contribution in [1.29, 1.82) is 0 Å². The van der Waals surface area contributed by atoms with Crippen LogP contribution in [0.15, 0.2) is 36.0 Å². The molecular formula is C14H16N2S. The summed E-state index contributed by atoms with van der Waals surface area (Å²) in [6.07, 6.45) is 3.11.